The molecular formula is C17H23N3O3. The number of carbonyl (C=O) groups is 1. The molecule has 0 saturated carbocycles. The normalized spacial score (nSPS) is 16.0. The van der Waals surface area contributed by atoms with Crippen LogP contribution in [0.4, 0.5) is 4.79 Å². The molecule has 1 aliphatic heterocycles. The summed E-state index contributed by atoms with van der Waals surface area (Å²) < 4.78 is 11.2. The summed E-state index contributed by atoms with van der Waals surface area (Å²) in [5, 5.41) is 1.53. The number of pyridine rings is 1. The highest BCUT2D eigenvalue weighted by molar-refractivity contribution is 5.69. The van der Waals surface area contributed by atoms with Gasteiger partial charge >= 0.3 is 6.09 Å². The minimum Gasteiger partial charge on any atom is -0.470 e. The lowest BCUT2D eigenvalue weighted by molar-refractivity contribution is -0.0235. The van der Waals surface area contributed by atoms with Gasteiger partial charge in [-0.2, -0.15) is 0 Å². The number of hydrogen-bond acceptors (Lipinski definition) is 5. The van der Waals surface area contributed by atoms with Gasteiger partial charge in [-0.3, -0.25) is 4.99 Å². The Labute approximate surface area is 136 Å². The van der Waals surface area contributed by atoms with Crippen molar-refractivity contribution in [3.05, 3.63) is 22.2 Å². The molecule has 0 unspecified atom stereocenters. The highest BCUT2D eigenvalue weighted by atomic mass is 16.6. The molecule has 6 heteroatoms. The number of rotatable bonds is 3. The number of likely N-dealkylation sites (tertiary alicyclic amines) is 1. The van der Waals surface area contributed by atoms with Crippen LogP contribution in [0.3, 0.4) is 0 Å². The molecule has 1 aromatic rings. The van der Waals surface area contributed by atoms with E-state index in [9.17, 15) is 4.79 Å². The van der Waals surface area contributed by atoms with E-state index in [0.29, 0.717) is 19.0 Å². The molecule has 0 N–H and O–H groups in total. The molecule has 0 bridgehead atoms. The molecule has 1 amide bonds. The maximum atomic E-state index is 11.9. The van der Waals surface area contributed by atoms with Gasteiger partial charge in [0.15, 0.2) is 0 Å². The Morgan fingerprint density at radius 1 is 1.48 bits per heavy atom. The minimum absolute atomic E-state index is 0.117. The zero-order valence-corrected chi connectivity index (χ0v) is 14.1. The van der Waals surface area contributed by atoms with Crippen molar-refractivity contribution in [2.45, 2.75) is 39.4 Å². The molecule has 0 spiro atoms. The van der Waals surface area contributed by atoms with E-state index >= 15 is 0 Å². The molecule has 0 atom stereocenters. The molecule has 1 aromatic heterocycles. The molecule has 2 rings (SSSR count). The van der Waals surface area contributed by atoms with Gasteiger partial charge in [-0.25, -0.2) is 9.78 Å². The van der Waals surface area contributed by atoms with Crippen molar-refractivity contribution in [1.82, 2.24) is 9.88 Å². The molecule has 1 aliphatic rings. The number of hydrogen-bond donors (Lipinski definition) is 0. The summed E-state index contributed by atoms with van der Waals surface area (Å²) in [6.45, 7) is 15.9. The fourth-order valence-electron chi connectivity index (χ4n) is 2.11. The Balaban J connectivity index is 2.03. The quantitative estimate of drug-likeness (QED) is 0.787. The summed E-state index contributed by atoms with van der Waals surface area (Å²) in [4.78, 5) is 21.6. The maximum Gasteiger partial charge on any atom is 0.410 e. The van der Waals surface area contributed by atoms with Crippen LogP contribution >= 0.6 is 0 Å². The van der Waals surface area contributed by atoms with Gasteiger partial charge in [-0.15, -0.1) is 0 Å². The Hall–Kier alpha value is -2.37. The second-order valence-corrected chi connectivity index (χ2v) is 6.58. The van der Waals surface area contributed by atoms with Crippen LogP contribution in [0.2, 0.25) is 0 Å². The summed E-state index contributed by atoms with van der Waals surface area (Å²) >= 11 is 0. The van der Waals surface area contributed by atoms with Crippen LogP contribution in [-0.2, 0) is 4.74 Å². The zero-order valence-electron chi connectivity index (χ0n) is 14.1. The van der Waals surface area contributed by atoms with Crippen LogP contribution < -0.4 is 15.2 Å². The van der Waals surface area contributed by atoms with Crippen molar-refractivity contribution in [3.63, 3.8) is 0 Å². The molecule has 2 heterocycles. The summed E-state index contributed by atoms with van der Waals surface area (Å²) in [5.41, 5.74) is 0.457. The standard InChI is InChI=1S/C17H23N3O3/c1-11-7-19-15(14(8-18-6)12(11)2)22-13-9-20(10-13)16(21)23-17(3,4)5/h7-8,13H,2,6,9-10H2,1,3-5H3/b14-8+. The first-order valence-corrected chi connectivity index (χ1v) is 7.46. The first-order chi connectivity index (χ1) is 10.7. The van der Waals surface area contributed by atoms with Gasteiger partial charge < -0.3 is 14.4 Å². The number of aryl methyl sites for hydroxylation is 1. The molecule has 6 nitrogen and oxygen atoms in total. The predicted molar refractivity (Wildman–Crippen MR) is 90.0 cm³/mol. The van der Waals surface area contributed by atoms with Crippen LogP contribution in [0, 0.1) is 6.92 Å². The van der Waals surface area contributed by atoms with Crippen molar-refractivity contribution in [2.75, 3.05) is 13.1 Å². The van der Waals surface area contributed by atoms with Gasteiger partial charge in [0.05, 0.1) is 18.3 Å². The van der Waals surface area contributed by atoms with Crippen molar-refractivity contribution in [1.29, 1.82) is 0 Å². The number of ether oxygens (including phenoxy) is 2. The summed E-state index contributed by atoms with van der Waals surface area (Å²) in [6.07, 6.45) is 2.85. The van der Waals surface area contributed by atoms with Gasteiger partial charge in [-0.05, 0) is 45.2 Å². The molecule has 23 heavy (non-hydrogen) atoms. The van der Waals surface area contributed by atoms with Crippen LogP contribution in [-0.4, -0.2) is 47.5 Å². The largest absolute Gasteiger partial charge is 0.470 e. The van der Waals surface area contributed by atoms with E-state index in [0.717, 1.165) is 16.0 Å². The highest BCUT2D eigenvalue weighted by Gasteiger charge is 2.35. The number of nitrogens with zero attached hydrogens (tertiary/aromatic N) is 3. The Bertz CT molecular complexity index is 716. The van der Waals surface area contributed by atoms with E-state index in [1.807, 2.05) is 27.7 Å². The second-order valence-electron chi connectivity index (χ2n) is 6.58. The van der Waals surface area contributed by atoms with E-state index in [2.05, 4.69) is 23.3 Å². The fourth-order valence-corrected chi connectivity index (χ4v) is 2.11. The van der Waals surface area contributed by atoms with Crippen LogP contribution in [0.15, 0.2) is 11.2 Å². The zero-order chi connectivity index (χ0) is 17.2. The monoisotopic (exact) mass is 317 g/mol. The van der Waals surface area contributed by atoms with E-state index in [1.165, 1.54) is 0 Å². The minimum atomic E-state index is -0.498. The summed E-state index contributed by atoms with van der Waals surface area (Å²) in [5.74, 6) is 0.460. The molecule has 0 aromatic carbocycles. The SMILES string of the molecule is C=N/C=c1/c(OC2CN(C(=O)OC(C)(C)C)C2)ncc(C)c1=C. The Kier molecular flexibility index (Phi) is 4.73. The van der Waals surface area contributed by atoms with E-state index in [1.54, 1.807) is 17.3 Å². The lowest BCUT2D eigenvalue weighted by Gasteiger charge is -2.39. The predicted octanol–water partition coefficient (Wildman–Crippen LogP) is 1.24. The third-order valence-electron chi connectivity index (χ3n) is 3.41. The van der Waals surface area contributed by atoms with Gasteiger partial charge in [-0.1, -0.05) is 6.58 Å². The molecular weight excluding hydrogens is 294 g/mol. The van der Waals surface area contributed by atoms with Crippen LogP contribution in [0.25, 0.3) is 12.8 Å². The molecule has 0 radical (unpaired) electrons. The maximum absolute atomic E-state index is 11.9. The van der Waals surface area contributed by atoms with Gasteiger partial charge in [0, 0.05) is 12.4 Å². The number of aromatic nitrogens is 1. The van der Waals surface area contributed by atoms with Crippen LogP contribution in [0.5, 0.6) is 5.88 Å². The average Bonchev–Trinajstić information content (AvgIpc) is 2.38. The van der Waals surface area contributed by atoms with Gasteiger partial charge in [0.1, 0.15) is 11.7 Å². The second kappa shape index (κ2) is 6.40. The third kappa shape index (κ3) is 4.09. The molecule has 124 valence electrons. The Morgan fingerprint density at radius 3 is 2.70 bits per heavy atom. The first kappa shape index (κ1) is 17.0. The van der Waals surface area contributed by atoms with E-state index < -0.39 is 5.60 Å². The van der Waals surface area contributed by atoms with E-state index in [-0.39, 0.29) is 12.2 Å². The third-order valence-corrected chi connectivity index (χ3v) is 3.41. The van der Waals surface area contributed by atoms with Crippen molar-refractivity contribution in [2.24, 2.45) is 4.99 Å². The number of carbonyl (C=O) groups excluding carboxylic acids is 1. The molecule has 1 saturated heterocycles. The smallest absolute Gasteiger partial charge is 0.410 e. The van der Waals surface area contributed by atoms with Crippen LogP contribution in [0.1, 0.15) is 26.3 Å². The summed E-state index contributed by atoms with van der Waals surface area (Å²) in [6, 6.07) is 0. The van der Waals surface area contributed by atoms with E-state index in [4.69, 9.17) is 9.47 Å². The highest BCUT2D eigenvalue weighted by Crippen LogP contribution is 2.17. The fraction of sp³-hybridized carbons (Fsp3) is 0.471. The van der Waals surface area contributed by atoms with Crippen molar-refractivity contribution < 1.29 is 14.3 Å². The lowest BCUT2D eigenvalue weighted by Crippen LogP contribution is -2.57. The molecule has 1 fully saturated rings. The lowest BCUT2D eigenvalue weighted by atomic mass is 10.1. The van der Waals surface area contributed by atoms with Gasteiger partial charge in [0.25, 0.3) is 0 Å². The van der Waals surface area contributed by atoms with Crippen molar-refractivity contribution in [3.8, 4) is 5.88 Å². The molecule has 0 aliphatic carbocycles. The first-order valence-electron chi connectivity index (χ1n) is 7.46. The average molecular weight is 317 g/mol. The number of amides is 1. The topological polar surface area (TPSA) is 64.0 Å². The van der Waals surface area contributed by atoms with Gasteiger partial charge in [0.2, 0.25) is 5.88 Å². The Morgan fingerprint density at radius 2 is 2.13 bits per heavy atom. The summed E-state index contributed by atoms with van der Waals surface area (Å²) in [7, 11) is 0. The number of aliphatic imine (C=N–C) groups is 1. The van der Waals surface area contributed by atoms with Crippen molar-refractivity contribution >= 4 is 25.6 Å².